The number of nitrogens with zero attached hydrogens (tertiary/aromatic N) is 3. The minimum atomic E-state index is -0.231. The van der Waals surface area contributed by atoms with Gasteiger partial charge in [-0.3, -0.25) is 9.59 Å². The summed E-state index contributed by atoms with van der Waals surface area (Å²) >= 11 is 1.28. The van der Waals surface area contributed by atoms with E-state index in [1.165, 1.54) is 11.3 Å². The zero-order valence-corrected chi connectivity index (χ0v) is 24.3. The molecule has 0 atom stereocenters. The predicted octanol–water partition coefficient (Wildman–Crippen LogP) is 5.26. The van der Waals surface area contributed by atoms with E-state index in [9.17, 15) is 9.59 Å². The second-order valence-electron chi connectivity index (χ2n) is 9.25. The molecule has 1 heterocycles. The summed E-state index contributed by atoms with van der Waals surface area (Å²) in [6, 6.07) is 23.1. The largest absolute Gasteiger partial charge is 0.497 e. The fourth-order valence-electron chi connectivity index (χ4n) is 4.28. The van der Waals surface area contributed by atoms with Crippen LogP contribution in [0.25, 0.3) is 10.6 Å². The van der Waals surface area contributed by atoms with Gasteiger partial charge in [-0.15, -0.1) is 10.2 Å². The van der Waals surface area contributed by atoms with E-state index in [1.54, 1.807) is 26.2 Å². The number of ether oxygens (including phenoxy) is 3. The molecule has 214 valence electrons. The summed E-state index contributed by atoms with van der Waals surface area (Å²) in [6.45, 7) is 0.753. The second kappa shape index (κ2) is 14.8. The van der Waals surface area contributed by atoms with Crippen LogP contribution in [-0.4, -0.2) is 61.3 Å². The predicted molar refractivity (Wildman–Crippen MR) is 160 cm³/mol. The fourth-order valence-corrected chi connectivity index (χ4v) is 5.04. The van der Waals surface area contributed by atoms with Crippen LogP contribution in [0.5, 0.6) is 17.2 Å². The first-order chi connectivity index (χ1) is 20.0. The normalized spacial score (nSPS) is 10.6. The Kier molecular flexibility index (Phi) is 10.7. The number of amides is 2. The van der Waals surface area contributed by atoms with Crippen LogP contribution >= 0.6 is 11.3 Å². The van der Waals surface area contributed by atoms with Gasteiger partial charge in [0.2, 0.25) is 16.9 Å². The van der Waals surface area contributed by atoms with E-state index in [0.29, 0.717) is 53.2 Å². The zero-order chi connectivity index (χ0) is 29.0. The summed E-state index contributed by atoms with van der Waals surface area (Å²) in [5, 5.41) is 12.2. The Labute approximate surface area is 244 Å². The molecule has 41 heavy (non-hydrogen) atoms. The van der Waals surface area contributed by atoms with Gasteiger partial charge in [0.15, 0.2) is 11.5 Å². The van der Waals surface area contributed by atoms with Crippen LogP contribution in [0, 0.1) is 0 Å². The summed E-state index contributed by atoms with van der Waals surface area (Å²) in [4.78, 5) is 27.8. The van der Waals surface area contributed by atoms with Crippen molar-refractivity contribution in [3.8, 4) is 27.8 Å². The number of benzene rings is 3. The number of nitrogens with one attached hydrogen (secondary N) is 1. The van der Waals surface area contributed by atoms with Gasteiger partial charge >= 0.3 is 0 Å². The lowest BCUT2D eigenvalue weighted by atomic mass is 10.1. The minimum absolute atomic E-state index is 0.00152. The molecule has 9 nitrogen and oxygen atoms in total. The number of aryl methyl sites for hydroxylation is 1. The lowest BCUT2D eigenvalue weighted by Gasteiger charge is -2.23. The van der Waals surface area contributed by atoms with Crippen LogP contribution in [0.4, 0.5) is 5.13 Å². The van der Waals surface area contributed by atoms with E-state index < -0.39 is 0 Å². The standard InChI is InChI=1S/C31H34N4O5S/c1-38-25-11-7-10-24(21-25)30-33-34-31(41-30)32-28(36)17-19-35(29(37)15-13-22-8-5-4-6-9-22)18-16-23-12-14-26(39-2)27(20-23)40-3/h4-12,14,20-21H,13,15-19H2,1-3H3,(H,32,34,36). The van der Waals surface area contributed by atoms with Crippen molar-refractivity contribution in [2.75, 3.05) is 39.7 Å². The summed E-state index contributed by atoms with van der Waals surface area (Å²) in [7, 11) is 4.79. The molecule has 10 heteroatoms. The molecule has 0 spiro atoms. The van der Waals surface area contributed by atoms with Gasteiger partial charge in [-0.2, -0.15) is 0 Å². The highest BCUT2D eigenvalue weighted by molar-refractivity contribution is 7.18. The van der Waals surface area contributed by atoms with E-state index >= 15 is 0 Å². The molecule has 0 saturated carbocycles. The maximum absolute atomic E-state index is 13.3. The number of carbonyl (C=O) groups is 2. The summed E-state index contributed by atoms with van der Waals surface area (Å²) < 4.78 is 16.0. The minimum Gasteiger partial charge on any atom is -0.497 e. The average molecular weight is 575 g/mol. The van der Waals surface area contributed by atoms with Gasteiger partial charge in [-0.1, -0.05) is 59.9 Å². The summed E-state index contributed by atoms with van der Waals surface area (Å²) in [5.74, 6) is 1.77. The van der Waals surface area contributed by atoms with E-state index in [-0.39, 0.29) is 24.8 Å². The Bertz CT molecular complexity index is 1440. The number of carbonyl (C=O) groups excluding carboxylic acids is 2. The zero-order valence-electron chi connectivity index (χ0n) is 23.5. The average Bonchev–Trinajstić information content (AvgIpc) is 3.48. The second-order valence-corrected chi connectivity index (χ2v) is 10.2. The molecule has 4 rings (SSSR count). The Morgan fingerprint density at radius 2 is 1.59 bits per heavy atom. The van der Waals surface area contributed by atoms with E-state index in [2.05, 4.69) is 15.5 Å². The van der Waals surface area contributed by atoms with Crippen molar-refractivity contribution >= 4 is 28.3 Å². The molecule has 0 aliphatic carbocycles. The molecule has 2 amide bonds. The van der Waals surface area contributed by atoms with E-state index in [4.69, 9.17) is 14.2 Å². The third-order valence-electron chi connectivity index (χ3n) is 6.54. The van der Waals surface area contributed by atoms with Crippen molar-refractivity contribution in [1.29, 1.82) is 0 Å². The quantitative estimate of drug-likeness (QED) is 0.219. The lowest BCUT2D eigenvalue weighted by Crippen LogP contribution is -2.35. The first kappa shape index (κ1) is 29.5. The molecular weight excluding hydrogens is 540 g/mol. The number of hydrogen-bond acceptors (Lipinski definition) is 8. The van der Waals surface area contributed by atoms with Gasteiger partial charge < -0.3 is 24.4 Å². The molecule has 0 saturated heterocycles. The van der Waals surface area contributed by atoms with Crippen molar-refractivity contribution in [3.63, 3.8) is 0 Å². The highest BCUT2D eigenvalue weighted by atomic mass is 32.1. The van der Waals surface area contributed by atoms with Crippen LogP contribution in [-0.2, 0) is 22.4 Å². The number of anilines is 1. The molecule has 0 unspecified atom stereocenters. The SMILES string of the molecule is COc1cccc(-c2nnc(NC(=O)CCN(CCc3ccc(OC)c(OC)c3)C(=O)CCc3ccccc3)s2)c1. The highest BCUT2D eigenvalue weighted by Crippen LogP contribution is 2.29. The lowest BCUT2D eigenvalue weighted by molar-refractivity contribution is -0.131. The van der Waals surface area contributed by atoms with E-state index in [1.807, 2.05) is 72.8 Å². The smallest absolute Gasteiger partial charge is 0.227 e. The molecule has 0 bridgehead atoms. The van der Waals surface area contributed by atoms with Gasteiger partial charge in [-0.05, 0) is 48.2 Å². The molecule has 1 N–H and O–H groups in total. The third kappa shape index (κ3) is 8.52. The Morgan fingerprint density at radius 1 is 0.780 bits per heavy atom. The van der Waals surface area contributed by atoms with Crippen LogP contribution in [0.15, 0.2) is 72.8 Å². The Morgan fingerprint density at radius 3 is 2.34 bits per heavy atom. The van der Waals surface area contributed by atoms with Crippen LogP contribution in [0.3, 0.4) is 0 Å². The summed E-state index contributed by atoms with van der Waals surface area (Å²) in [6.07, 6.45) is 1.74. The van der Waals surface area contributed by atoms with Crippen molar-refractivity contribution < 1.29 is 23.8 Å². The highest BCUT2D eigenvalue weighted by Gasteiger charge is 2.17. The maximum atomic E-state index is 13.3. The van der Waals surface area contributed by atoms with Crippen molar-refractivity contribution in [2.24, 2.45) is 0 Å². The van der Waals surface area contributed by atoms with Gasteiger partial charge in [0, 0.05) is 31.5 Å². The molecule has 0 aliphatic heterocycles. The van der Waals surface area contributed by atoms with Gasteiger partial charge in [0.05, 0.1) is 21.3 Å². The molecule has 1 aromatic heterocycles. The molecular formula is C31H34N4O5S. The van der Waals surface area contributed by atoms with Gasteiger partial charge in [-0.25, -0.2) is 0 Å². The number of aromatic nitrogens is 2. The Hall–Kier alpha value is -4.44. The Balaban J connectivity index is 1.38. The van der Waals surface area contributed by atoms with Crippen LogP contribution < -0.4 is 19.5 Å². The number of hydrogen-bond donors (Lipinski definition) is 1. The maximum Gasteiger partial charge on any atom is 0.227 e. The topological polar surface area (TPSA) is 103 Å². The molecule has 0 aliphatic rings. The van der Waals surface area contributed by atoms with Crippen LogP contribution in [0.1, 0.15) is 24.0 Å². The first-order valence-electron chi connectivity index (χ1n) is 13.3. The van der Waals surface area contributed by atoms with Crippen molar-refractivity contribution in [3.05, 3.63) is 83.9 Å². The number of methoxy groups -OCH3 is 3. The van der Waals surface area contributed by atoms with Gasteiger partial charge in [0.1, 0.15) is 10.8 Å². The van der Waals surface area contributed by atoms with Gasteiger partial charge in [0.25, 0.3) is 0 Å². The van der Waals surface area contributed by atoms with Crippen LogP contribution in [0.2, 0.25) is 0 Å². The fraction of sp³-hybridized carbons (Fsp3) is 0.290. The number of rotatable bonds is 14. The summed E-state index contributed by atoms with van der Waals surface area (Å²) in [5.41, 5.74) is 2.96. The van der Waals surface area contributed by atoms with E-state index in [0.717, 1.165) is 16.7 Å². The molecule has 0 radical (unpaired) electrons. The molecule has 4 aromatic rings. The molecule has 3 aromatic carbocycles. The van der Waals surface area contributed by atoms with Crippen molar-refractivity contribution in [2.45, 2.75) is 25.7 Å². The monoisotopic (exact) mass is 574 g/mol. The third-order valence-corrected chi connectivity index (χ3v) is 7.43. The molecule has 0 fully saturated rings. The van der Waals surface area contributed by atoms with Crippen molar-refractivity contribution in [1.82, 2.24) is 15.1 Å². The first-order valence-corrected chi connectivity index (χ1v) is 14.1.